The number of aryl methyl sites for hydroxylation is 1. The van der Waals surface area contributed by atoms with Crippen molar-refractivity contribution in [3.05, 3.63) is 29.3 Å². The van der Waals surface area contributed by atoms with Gasteiger partial charge in [0.15, 0.2) is 0 Å². The van der Waals surface area contributed by atoms with E-state index >= 15 is 0 Å². The Labute approximate surface area is 122 Å². The summed E-state index contributed by atoms with van der Waals surface area (Å²) in [7, 11) is 0. The van der Waals surface area contributed by atoms with E-state index in [-0.39, 0.29) is 18.6 Å². The van der Waals surface area contributed by atoms with E-state index in [2.05, 4.69) is 11.1 Å². The van der Waals surface area contributed by atoms with Crippen molar-refractivity contribution in [3.63, 3.8) is 0 Å². The van der Waals surface area contributed by atoms with Crippen molar-refractivity contribution in [1.82, 2.24) is 9.88 Å². The van der Waals surface area contributed by atoms with Crippen LogP contribution in [-0.4, -0.2) is 40.1 Å². The third-order valence-corrected chi connectivity index (χ3v) is 4.90. The van der Waals surface area contributed by atoms with E-state index in [1.807, 2.05) is 23.1 Å². The van der Waals surface area contributed by atoms with E-state index in [0.717, 1.165) is 29.9 Å². The summed E-state index contributed by atoms with van der Waals surface area (Å²) in [6.07, 6.45) is 3.09. The second-order valence-corrected chi connectivity index (χ2v) is 6.26. The summed E-state index contributed by atoms with van der Waals surface area (Å²) in [6.45, 7) is 0.858. The van der Waals surface area contributed by atoms with Gasteiger partial charge < -0.3 is 10.0 Å². The van der Waals surface area contributed by atoms with Crippen LogP contribution in [0.2, 0.25) is 0 Å². The molecule has 0 saturated carbocycles. The first kappa shape index (κ1) is 13.5. The van der Waals surface area contributed by atoms with Crippen molar-refractivity contribution in [2.45, 2.75) is 31.7 Å². The lowest BCUT2D eigenvalue weighted by Crippen LogP contribution is -2.37. The highest BCUT2D eigenvalue weighted by Crippen LogP contribution is 2.23. The predicted molar refractivity (Wildman–Crippen MR) is 79.8 cm³/mol. The summed E-state index contributed by atoms with van der Waals surface area (Å²) in [6, 6.07) is 8.07. The SMILES string of the molecule is O=C(CCc1nc2ccccc2s1)N1CCC[C@@H]1CO. The molecule has 2 heterocycles. The maximum Gasteiger partial charge on any atom is 0.223 e. The van der Waals surface area contributed by atoms with Gasteiger partial charge in [0.05, 0.1) is 27.9 Å². The molecule has 0 unspecified atom stereocenters. The van der Waals surface area contributed by atoms with Gasteiger partial charge in [0.2, 0.25) is 5.91 Å². The minimum absolute atomic E-state index is 0.0258. The van der Waals surface area contributed by atoms with Crippen molar-refractivity contribution in [2.75, 3.05) is 13.2 Å². The minimum atomic E-state index is 0.0258. The zero-order valence-electron chi connectivity index (χ0n) is 11.3. The van der Waals surface area contributed by atoms with Crippen LogP contribution in [0.25, 0.3) is 10.2 Å². The van der Waals surface area contributed by atoms with Crippen molar-refractivity contribution < 1.29 is 9.90 Å². The number of para-hydroxylation sites is 1. The molecular weight excluding hydrogens is 272 g/mol. The second kappa shape index (κ2) is 5.89. The average molecular weight is 290 g/mol. The van der Waals surface area contributed by atoms with E-state index in [0.29, 0.717) is 12.8 Å². The van der Waals surface area contributed by atoms with Gasteiger partial charge in [-0.05, 0) is 25.0 Å². The number of aromatic nitrogens is 1. The normalized spacial score (nSPS) is 18.9. The maximum absolute atomic E-state index is 12.2. The molecule has 20 heavy (non-hydrogen) atoms. The van der Waals surface area contributed by atoms with Gasteiger partial charge >= 0.3 is 0 Å². The summed E-state index contributed by atoms with van der Waals surface area (Å²) in [5.74, 6) is 0.140. The number of aliphatic hydroxyl groups excluding tert-OH is 1. The number of carbonyl (C=O) groups excluding carboxylic acids is 1. The smallest absolute Gasteiger partial charge is 0.223 e. The van der Waals surface area contributed by atoms with Crippen molar-refractivity contribution in [3.8, 4) is 0 Å². The third-order valence-electron chi connectivity index (χ3n) is 3.80. The first-order valence-corrected chi connectivity index (χ1v) is 7.84. The lowest BCUT2D eigenvalue weighted by Gasteiger charge is -2.22. The van der Waals surface area contributed by atoms with Crippen LogP contribution in [0.3, 0.4) is 0 Å². The Morgan fingerprint density at radius 3 is 3.10 bits per heavy atom. The van der Waals surface area contributed by atoms with Crippen molar-refractivity contribution in [2.24, 2.45) is 0 Å². The monoisotopic (exact) mass is 290 g/mol. The molecule has 1 atom stereocenters. The standard InChI is InChI=1S/C15H18N2O2S/c18-10-11-4-3-9-17(11)15(19)8-7-14-16-12-5-1-2-6-13(12)20-14/h1-2,5-6,11,18H,3-4,7-10H2/t11-/m1/s1. The molecule has 5 heteroatoms. The van der Waals surface area contributed by atoms with Crippen LogP contribution in [-0.2, 0) is 11.2 Å². The zero-order chi connectivity index (χ0) is 13.9. The van der Waals surface area contributed by atoms with Gasteiger partial charge in [0.1, 0.15) is 0 Å². The number of fused-ring (bicyclic) bond motifs is 1. The number of thiazole rings is 1. The van der Waals surface area contributed by atoms with Crippen molar-refractivity contribution in [1.29, 1.82) is 0 Å². The maximum atomic E-state index is 12.2. The number of hydrogen-bond acceptors (Lipinski definition) is 4. The van der Waals surface area contributed by atoms with E-state index in [1.54, 1.807) is 11.3 Å². The van der Waals surface area contributed by atoms with Gasteiger partial charge in [-0.2, -0.15) is 0 Å². The quantitative estimate of drug-likeness (QED) is 0.939. The Morgan fingerprint density at radius 1 is 1.45 bits per heavy atom. The van der Waals surface area contributed by atoms with E-state index in [9.17, 15) is 9.90 Å². The first-order chi connectivity index (χ1) is 9.78. The van der Waals surface area contributed by atoms with Gasteiger partial charge in [0.25, 0.3) is 0 Å². The number of rotatable bonds is 4. The fourth-order valence-corrected chi connectivity index (χ4v) is 3.71. The number of carbonyl (C=O) groups is 1. The van der Waals surface area contributed by atoms with Crippen LogP contribution >= 0.6 is 11.3 Å². The fourth-order valence-electron chi connectivity index (χ4n) is 2.74. The predicted octanol–water partition coefficient (Wildman–Crippen LogP) is 2.21. The summed E-state index contributed by atoms with van der Waals surface area (Å²) in [4.78, 5) is 18.6. The molecule has 1 aromatic heterocycles. The molecule has 0 bridgehead atoms. The summed E-state index contributed by atoms with van der Waals surface area (Å²) in [5, 5.41) is 10.3. The molecule has 3 rings (SSSR count). The Balaban J connectivity index is 1.62. The summed E-state index contributed by atoms with van der Waals surface area (Å²) >= 11 is 1.66. The van der Waals surface area contributed by atoms with Gasteiger partial charge in [-0.25, -0.2) is 4.98 Å². The Kier molecular flexibility index (Phi) is 3.98. The molecule has 1 aliphatic heterocycles. The van der Waals surface area contributed by atoms with Crippen LogP contribution in [0.4, 0.5) is 0 Å². The number of hydrogen-bond donors (Lipinski definition) is 1. The second-order valence-electron chi connectivity index (χ2n) is 5.14. The number of amides is 1. The van der Waals surface area contributed by atoms with Gasteiger partial charge in [-0.15, -0.1) is 11.3 Å². The zero-order valence-corrected chi connectivity index (χ0v) is 12.1. The average Bonchev–Trinajstić information content (AvgIpc) is 3.10. The highest BCUT2D eigenvalue weighted by atomic mass is 32.1. The topological polar surface area (TPSA) is 53.4 Å². The Morgan fingerprint density at radius 2 is 2.30 bits per heavy atom. The molecular formula is C15H18N2O2S. The fraction of sp³-hybridized carbons (Fsp3) is 0.467. The Hall–Kier alpha value is -1.46. The van der Waals surface area contributed by atoms with E-state index in [4.69, 9.17) is 0 Å². The molecule has 0 aliphatic carbocycles. The molecule has 4 nitrogen and oxygen atoms in total. The van der Waals surface area contributed by atoms with Crippen LogP contribution < -0.4 is 0 Å². The third kappa shape index (κ3) is 2.69. The molecule has 2 aromatic rings. The van der Waals surface area contributed by atoms with E-state index < -0.39 is 0 Å². The lowest BCUT2D eigenvalue weighted by molar-refractivity contribution is -0.132. The highest BCUT2D eigenvalue weighted by molar-refractivity contribution is 7.18. The molecule has 106 valence electrons. The number of aliphatic hydroxyl groups is 1. The van der Waals surface area contributed by atoms with E-state index in [1.165, 1.54) is 4.70 Å². The van der Waals surface area contributed by atoms with Gasteiger partial charge in [-0.1, -0.05) is 12.1 Å². The number of benzene rings is 1. The molecule has 1 aliphatic rings. The van der Waals surface area contributed by atoms with Crippen LogP contribution in [0.1, 0.15) is 24.3 Å². The highest BCUT2D eigenvalue weighted by Gasteiger charge is 2.27. The number of likely N-dealkylation sites (tertiary alicyclic amines) is 1. The van der Waals surface area contributed by atoms with Crippen LogP contribution in [0.5, 0.6) is 0 Å². The molecule has 1 N–H and O–H groups in total. The first-order valence-electron chi connectivity index (χ1n) is 7.02. The van der Waals surface area contributed by atoms with Gasteiger partial charge in [0, 0.05) is 19.4 Å². The van der Waals surface area contributed by atoms with Gasteiger partial charge in [-0.3, -0.25) is 4.79 Å². The molecule has 1 saturated heterocycles. The van der Waals surface area contributed by atoms with Crippen LogP contribution in [0.15, 0.2) is 24.3 Å². The molecule has 1 fully saturated rings. The van der Waals surface area contributed by atoms with Crippen LogP contribution in [0, 0.1) is 0 Å². The lowest BCUT2D eigenvalue weighted by atomic mass is 10.2. The number of nitrogens with zero attached hydrogens (tertiary/aromatic N) is 2. The summed E-state index contributed by atoms with van der Waals surface area (Å²) < 4.78 is 1.17. The molecule has 0 spiro atoms. The minimum Gasteiger partial charge on any atom is -0.394 e. The largest absolute Gasteiger partial charge is 0.394 e. The Bertz CT molecular complexity index is 578. The summed E-state index contributed by atoms with van der Waals surface area (Å²) in [5.41, 5.74) is 1.01. The molecule has 0 radical (unpaired) electrons. The molecule has 1 amide bonds. The molecule has 1 aromatic carbocycles. The van der Waals surface area contributed by atoms with Crippen molar-refractivity contribution >= 4 is 27.5 Å².